The molecule has 0 saturated heterocycles. The van der Waals surface area contributed by atoms with Gasteiger partial charge in [0.25, 0.3) is 0 Å². The van der Waals surface area contributed by atoms with Crippen molar-refractivity contribution in [1.82, 2.24) is 9.97 Å². The molecule has 2 heterocycles. The first-order valence-corrected chi connectivity index (χ1v) is 6.80. The van der Waals surface area contributed by atoms with Crippen LogP contribution in [0.15, 0.2) is 36.8 Å². The average Bonchev–Trinajstić information content (AvgIpc) is 2.46. The van der Waals surface area contributed by atoms with Gasteiger partial charge in [-0.05, 0) is 37.6 Å². The number of hydrogen-bond donors (Lipinski definition) is 2. The molecule has 0 atom stereocenters. The summed E-state index contributed by atoms with van der Waals surface area (Å²) in [5.74, 6) is -0.210. The Morgan fingerprint density at radius 2 is 1.95 bits per heavy atom. The summed E-state index contributed by atoms with van der Waals surface area (Å²) in [5, 5.41) is 11.2. The van der Waals surface area contributed by atoms with E-state index in [4.69, 9.17) is 16.7 Å². The van der Waals surface area contributed by atoms with Crippen molar-refractivity contribution in [2.24, 2.45) is 0 Å². The van der Waals surface area contributed by atoms with Gasteiger partial charge < -0.3 is 5.11 Å². The SMILES string of the molecule is CC(C)(C(=O)c1ccc(NC(=O)O)cn1)c1cncc(Cl)c1. The third-order valence-electron chi connectivity index (χ3n) is 3.24. The molecular weight excluding hydrogens is 306 g/mol. The van der Waals surface area contributed by atoms with Gasteiger partial charge in [0.05, 0.1) is 22.3 Å². The molecule has 0 aliphatic heterocycles. The van der Waals surface area contributed by atoms with Crippen molar-refractivity contribution in [1.29, 1.82) is 0 Å². The molecule has 0 radical (unpaired) electrons. The number of pyridine rings is 2. The second kappa shape index (κ2) is 6.11. The lowest BCUT2D eigenvalue weighted by molar-refractivity contribution is 0.0903. The van der Waals surface area contributed by atoms with Crippen LogP contribution in [0.2, 0.25) is 5.02 Å². The molecule has 0 fully saturated rings. The molecule has 0 spiro atoms. The molecule has 2 N–H and O–H groups in total. The van der Waals surface area contributed by atoms with Gasteiger partial charge in [-0.3, -0.25) is 20.1 Å². The van der Waals surface area contributed by atoms with E-state index < -0.39 is 11.5 Å². The Balaban J connectivity index is 2.28. The van der Waals surface area contributed by atoms with Gasteiger partial charge in [0, 0.05) is 12.4 Å². The molecule has 0 bridgehead atoms. The largest absolute Gasteiger partial charge is 0.465 e. The fourth-order valence-electron chi connectivity index (χ4n) is 1.93. The third kappa shape index (κ3) is 3.40. The average molecular weight is 320 g/mol. The van der Waals surface area contributed by atoms with Crippen LogP contribution < -0.4 is 5.32 Å². The summed E-state index contributed by atoms with van der Waals surface area (Å²) >= 11 is 5.92. The molecule has 6 nitrogen and oxygen atoms in total. The predicted molar refractivity (Wildman–Crippen MR) is 82.5 cm³/mol. The predicted octanol–water partition coefficient (Wildman–Crippen LogP) is 3.38. The minimum atomic E-state index is -1.19. The monoisotopic (exact) mass is 319 g/mol. The molecule has 0 aromatic carbocycles. The molecule has 2 rings (SSSR count). The number of carbonyl (C=O) groups is 2. The Labute approximate surface area is 132 Å². The summed E-state index contributed by atoms with van der Waals surface area (Å²) in [6.07, 6.45) is 3.19. The van der Waals surface area contributed by atoms with E-state index in [1.807, 2.05) is 0 Å². The molecule has 0 aliphatic rings. The minimum absolute atomic E-state index is 0.210. The minimum Gasteiger partial charge on any atom is -0.465 e. The number of nitrogens with one attached hydrogen (secondary N) is 1. The Bertz CT molecular complexity index is 714. The van der Waals surface area contributed by atoms with Crippen LogP contribution in [0.3, 0.4) is 0 Å². The zero-order valence-electron chi connectivity index (χ0n) is 12.0. The van der Waals surface area contributed by atoms with Gasteiger partial charge >= 0.3 is 6.09 Å². The lowest BCUT2D eigenvalue weighted by atomic mass is 9.80. The van der Waals surface area contributed by atoms with Crippen LogP contribution in [0, 0.1) is 0 Å². The highest BCUT2D eigenvalue weighted by molar-refractivity contribution is 6.30. The summed E-state index contributed by atoms with van der Waals surface area (Å²) in [7, 11) is 0. The zero-order valence-corrected chi connectivity index (χ0v) is 12.8. The topological polar surface area (TPSA) is 92.2 Å². The number of ketones is 1. The molecule has 7 heteroatoms. The first-order valence-electron chi connectivity index (χ1n) is 6.42. The van der Waals surface area contributed by atoms with Crippen LogP contribution in [-0.4, -0.2) is 27.0 Å². The number of halogens is 1. The van der Waals surface area contributed by atoms with Gasteiger partial charge in [0.15, 0.2) is 5.78 Å². The van der Waals surface area contributed by atoms with Crippen molar-refractivity contribution in [2.45, 2.75) is 19.3 Å². The summed E-state index contributed by atoms with van der Waals surface area (Å²) in [6.45, 7) is 3.52. The van der Waals surface area contributed by atoms with Crippen LogP contribution in [0.25, 0.3) is 0 Å². The highest BCUT2D eigenvalue weighted by atomic mass is 35.5. The lowest BCUT2D eigenvalue weighted by Gasteiger charge is -2.23. The molecule has 1 amide bonds. The number of hydrogen-bond acceptors (Lipinski definition) is 4. The van der Waals surface area contributed by atoms with Crippen molar-refractivity contribution in [2.75, 3.05) is 5.32 Å². The van der Waals surface area contributed by atoms with E-state index >= 15 is 0 Å². The Hall–Kier alpha value is -2.47. The maximum atomic E-state index is 12.6. The summed E-state index contributed by atoms with van der Waals surface area (Å²) in [5.41, 5.74) is 0.360. The summed E-state index contributed by atoms with van der Waals surface area (Å²) in [4.78, 5) is 31.2. The van der Waals surface area contributed by atoms with E-state index in [0.29, 0.717) is 16.3 Å². The van der Waals surface area contributed by atoms with E-state index in [1.54, 1.807) is 26.1 Å². The van der Waals surface area contributed by atoms with Crippen molar-refractivity contribution >= 4 is 29.2 Å². The van der Waals surface area contributed by atoms with E-state index in [1.165, 1.54) is 24.5 Å². The maximum absolute atomic E-state index is 12.6. The van der Waals surface area contributed by atoms with Gasteiger partial charge in [-0.1, -0.05) is 11.6 Å². The Morgan fingerprint density at radius 3 is 2.50 bits per heavy atom. The first-order chi connectivity index (χ1) is 10.3. The number of nitrogens with zero attached hydrogens (tertiary/aromatic N) is 2. The standard InChI is InChI=1S/C15H14ClN3O3/c1-15(2,9-5-10(16)7-17-6-9)13(20)12-4-3-11(8-18-12)19-14(21)22/h3-8,19H,1-2H3,(H,21,22). The molecule has 22 heavy (non-hydrogen) atoms. The molecule has 0 saturated carbocycles. The molecule has 0 unspecified atom stereocenters. The number of Topliss-reactive ketones (excluding diaryl/α,β-unsaturated/α-hetero) is 1. The highest BCUT2D eigenvalue weighted by Crippen LogP contribution is 2.28. The lowest BCUT2D eigenvalue weighted by Crippen LogP contribution is -2.30. The number of amides is 1. The fourth-order valence-corrected chi connectivity index (χ4v) is 2.10. The second-order valence-corrected chi connectivity index (χ2v) is 5.64. The zero-order chi connectivity index (χ0) is 16.3. The third-order valence-corrected chi connectivity index (χ3v) is 3.45. The van der Waals surface area contributed by atoms with Crippen molar-refractivity contribution in [3.05, 3.63) is 53.1 Å². The van der Waals surface area contributed by atoms with Crippen molar-refractivity contribution in [3.63, 3.8) is 0 Å². The maximum Gasteiger partial charge on any atom is 0.409 e. The number of aromatic nitrogens is 2. The van der Waals surface area contributed by atoms with Crippen LogP contribution >= 0.6 is 11.6 Å². The molecule has 2 aromatic rings. The Morgan fingerprint density at radius 1 is 1.23 bits per heavy atom. The van der Waals surface area contributed by atoms with Crippen molar-refractivity contribution < 1.29 is 14.7 Å². The molecule has 0 aliphatic carbocycles. The fraction of sp³-hybridized carbons (Fsp3) is 0.200. The number of anilines is 1. The van der Waals surface area contributed by atoms with E-state index in [9.17, 15) is 9.59 Å². The van der Waals surface area contributed by atoms with E-state index in [-0.39, 0.29) is 11.5 Å². The number of carbonyl (C=O) groups excluding carboxylic acids is 1. The van der Waals surface area contributed by atoms with Crippen LogP contribution in [0.5, 0.6) is 0 Å². The van der Waals surface area contributed by atoms with Gasteiger partial charge in [0.1, 0.15) is 5.69 Å². The van der Waals surface area contributed by atoms with Crippen LogP contribution in [0.1, 0.15) is 29.9 Å². The van der Waals surface area contributed by atoms with Gasteiger partial charge in [-0.2, -0.15) is 0 Å². The van der Waals surface area contributed by atoms with Gasteiger partial charge in [-0.15, -0.1) is 0 Å². The first kappa shape index (κ1) is 15.9. The van der Waals surface area contributed by atoms with E-state index in [0.717, 1.165) is 0 Å². The summed E-state index contributed by atoms with van der Waals surface area (Å²) in [6, 6.07) is 4.65. The van der Waals surface area contributed by atoms with Crippen LogP contribution in [0.4, 0.5) is 10.5 Å². The van der Waals surface area contributed by atoms with Gasteiger partial charge in [0.2, 0.25) is 0 Å². The number of carboxylic acid groups (broad SMARTS) is 1. The molecule has 2 aromatic heterocycles. The van der Waals surface area contributed by atoms with Crippen molar-refractivity contribution in [3.8, 4) is 0 Å². The normalized spacial score (nSPS) is 11.0. The van der Waals surface area contributed by atoms with Gasteiger partial charge in [-0.25, -0.2) is 4.79 Å². The second-order valence-electron chi connectivity index (χ2n) is 5.21. The smallest absolute Gasteiger partial charge is 0.409 e. The molecule has 114 valence electrons. The molecular formula is C15H14ClN3O3. The summed E-state index contributed by atoms with van der Waals surface area (Å²) < 4.78 is 0. The highest BCUT2D eigenvalue weighted by Gasteiger charge is 2.32. The number of rotatable bonds is 4. The van der Waals surface area contributed by atoms with E-state index in [2.05, 4.69) is 15.3 Å². The quantitative estimate of drug-likeness (QED) is 0.843. The van der Waals surface area contributed by atoms with Crippen LogP contribution in [-0.2, 0) is 5.41 Å². The Kier molecular flexibility index (Phi) is 4.42.